The molecular formula is C17H19N5. The molecule has 0 saturated heterocycles. The van der Waals surface area contributed by atoms with Gasteiger partial charge in [0, 0.05) is 35.8 Å². The van der Waals surface area contributed by atoms with E-state index < -0.39 is 0 Å². The van der Waals surface area contributed by atoms with Crippen LogP contribution in [-0.2, 0) is 6.42 Å². The molecule has 0 aromatic carbocycles. The topological polar surface area (TPSA) is 74.5 Å². The summed E-state index contributed by atoms with van der Waals surface area (Å²) >= 11 is 0. The van der Waals surface area contributed by atoms with Gasteiger partial charge in [-0.15, -0.1) is 0 Å². The minimum Gasteiger partial charge on any atom is -0.366 e. The fourth-order valence-corrected chi connectivity index (χ4v) is 2.86. The van der Waals surface area contributed by atoms with Crippen LogP contribution in [0.5, 0.6) is 0 Å². The van der Waals surface area contributed by atoms with Gasteiger partial charge < -0.3 is 5.32 Å². The lowest BCUT2D eigenvalue weighted by molar-refractivity contribution is 0.627. The molecule has 1 fully saturated rings. The van der Waals surface area contributed by atoms with Gasteiger partial charge in [-0.1, -0.05) is 6.92 Å². The van der Waals surface area contributed by atoms with Gasteiger partial charge in [0.2, 0.25) is 0 Å². The average molecular weight is 293 g/mol. The number of hydrogen-bond donors (Lipinski definition) is 1. The van der Waals surface area contributed by atoms with Crippen molar-refractivity contribution < 1.29 is 0 Å². The van der Waals surface area contributed by atoms with Crippen LogP contribution < -0.4 is 5.32 Å². The van der Waals surface area contributed by atoms with E-state index in [1.165, 1.54) is 0 Å². The van der Waals surface area contributed by atoms with Crippen molar-refractivity contribution in [3.8, 4) is 17.5 Å². The van der Waals surface area contributed by atoms with Gasteiger partial charge in [-0.25, -0.2) is 9.97 Å². The fourth-order valence-electron chi connectivity index (χ4n) is 2.86. The van der Waals surface area contributed by atoms with Crippen LogP contribution in [0.2, 0.25) is 0 Å². The van der Waals surface area contributed by atoms with Crippen LogP contribution in [0.25, 0.3) is 11.4 Å². The van der Waals surface area contributed by atoms with Crippen molar-refractivity contribution in [2.75, 3.05) is 5.32 Å². The van der Waals surface area contributed by atoms with Crippen LogP contribution >= 0.6 is 0 Å². The maximum Gasteiger partial charge on any atom is 0.161 e. The van der Waals surface area contributed by atoms with Crippen LogP contribution in [0.1, 0.15) is 31.9 Å². The van der Waals surface area contributed by atoms with E-state index in [4.69, 9.17) is 0 Å². The summed E-state index contributed by atoms with van der Waals surface area (Å²) in [6.07, 6.45) is 7.42. The third kappa shape index (κ3) is 3.06. The fraction of sp³-hybridized carbons (Fsp3) is 0.412. The SMILES string of the molecule is CCc1cc(NC2CCCC2C#N)nc(-c2ccncc2)n1. The van der Waals surface area contributed by atoms with E-state index in [1.807, 2.05) is 18.2 Å². The van der Waals surface area contributed by atoms with Gasteiger partial charge in [-0.05, 0) is 37.8 Å². The monoisotopic (exact) mass is 293 g/mol. The van der Waals surface area contributed by atoms with Crippen LogP contribution in [-0.4, -0.2) is 21.0 Å². The molecule has 5 nitrogen and oxygen atoms in total. The van der Waals surface area contributed by atoms with Crippen molar-refractivity contribution in [1.29, 1.82) is 5.26 Å². The molecule has 112 valence electrons. The molecule has 0 amide bonds. The predicted molar refractivity (Wildman–Crippen MR) is 85.0 cm³/mol. The van der Waals surface area contributed by atoms with Crippen LogP contribution in [0.4, 0.5) is 5.82 Å². The Morgan fingerprint density at radius 3 is 2.82 bits per heavy atom. The molecule has 22 heavy (non-hydrogen) atoms. The number of anilines is 1. The third-order valence-corrected chi connectivity index (χ3v) is 4.10. The van der Waals surface area contributed by atoms with Crippen molar-refractivity contribution in [3.05, 3.63) is 36.3 Å². The van der Waals surface area contributed by atoms with Crippen molar-refractivity contribution in [1.82, 2.24) is 15.0 Å². The van der Waals surface area contributed by atoms with Gasteiger partial charge in [0.05, 0.1) is 12.0 Å². The number of nitriles is 1. The van der Waals surface area contributed by atoms with E-state index in [0.717, 1.165) is 42.8 Å². The zero-order valence-electron chi connectivity index (χ0n) is 12.7. The summed E-state index contributed by atoms with van der Waals surface area (Å²) in [7, 11) is 0. The van der Waals surface area contributed by atoms with E-state index in [1.54, 1.807) is 12.4 Å². The average Bonchev–Trinajstić information content (AvgIpc) is 3.02. The molecule has 3 rings (SSSR count). The highest BCUT2D eigenvalue weighted by Crippen LogP contribution is 2.28. The highest BCUT2D eigenvalue weighted by atomic mass is 15.1. The summed E-state index contributed by atoms with van der Waals surface area (Å²) in [5.74, 6) is 1.59. The first-order valence-corrected chi connectivity index (χ1v) is 7.74. The second-order valence-electron chi connectivity index (χ2n) is 5.57. The van der Waals surface area contributed by atoms with E-state index in [-0.39, 0.29) is 12.0 Å². The first kappa shape index (κ1) is 14.5. The van der Waals surface area contributed by atoms with Crippen molar-refractivity contribution >= 4 is 5.82 Å². The Hall–Kier alpha value is -2.48. The van der Waals surface area contributed by atoms with Gasteiger partial charge in [-0.3, -0.25) is 4.98 Å². The first-order valence-electron chi connectivity index (χ1n) is 7.74. The summed E-state index contributed by atoms with van der Waals surface area (Å²) in [5.41, 5.74) is 1.95. The van der Waals surface area contributed by atoms with Gasteiger partial charge in [-0.2, -0.15) is 5.26 Å². The molecule has 2 atom stereocenters. The van der Waals surface area contributed by atoms with E-state index in [0.29, 0.717) is 5.82 Å². The Kier molecular flexibility index (Phi) is 4.29. The predicted octanol–water partition coefficient (Wildman–Crippen LogP) is 3.21. The number of hydrogen-bond acceptors (Lipinski definition) is 5. The van der Waals surface area contributed by atoms with Gasteiger partial charge in [0.15, 0.2) is 5.82 Å². The Morgan fingerprint density at radius 2 is 2.09 bits per heavy atom. The smallest absolute Gasteiger partial charge is 0.161 e. The highest BCUT2D eigenvalue weighted by molar-refractivity contribution is 5.57. The summed E-state index contributed by atoms with van der Waals surface area (Å²) in [5, 5.41) is 12.7. The minimum absolute atomic E-state index is 0.0735. The molecule has 2 aromatic heterocycles. The second-order valence-corrected chi connectivity index (χ2v) is 5.57. The van der Waals surface area contributed by atoms with Crippen LogP contribution in [0.15, 0.2) is 30.6 Å². The third-order valence-electron chi connectivity index (χ3n) is 4.10. The van der Waals surface area contributed by atoms with Crippen molar-refractivity contribution in [2.45, 2.75) is 38.6 Å². The van der Waals surface area contributed by atoms with E-state index in [2.05, 4.69) is 33.3 Å². The lowest BCUT2D eigenvalue weighted by Crippen LogP contribution is -2.23. The first-order chi connectivity index (χ1) is 10.8. The van der Waals surface area contributed by atoms with Gasteiger partial charge >= 0.3 is 0 Å². The maximum absolute atomic E-state index is 9.22. The molecule has 0 aliphatic heterocycles. The number of aryl methyl sites for hydroxylation is 1. The maximum atomic E-state index is 9.22. The largest absolute Gasteiger partial charge is 0.366 e. The zero-order valence-corrected chi connectivity index (χ0v) is 12.7. The van der Waals surface area contributed by atoms with Gasteiger partial charge in [0.1, 0.15) is 5.82 Å². The lowest BCUT2D eigenvalue weighted by Gasteiger charge is -2.17. The minimum atomic E-state index is 0.0735. The Morgan fingerprint density at radius 1 is 1.27 bits per heavy atom. The number of pyridine rings is 1. The van der Waals surface area contributed by atoms with Crippen LogP contribution in [0.3, 0.4) is 0 Å². The van der Waals surface area contributed by atoms with Crippen LogP contribution in [0, 0.1) is 17.2 Å². The van der Waals surface area contributed by atoms with Crippen molar-refractivity contribution in [2.24, 2.45) is 5.92 Å². The molecule has 0 bridgehead atoms. The molecule has 1 aliphatic carbocycles. The standard InChI is InChI=1S/C17H19N5/c1-2-14-10-16(21-15-5-3-4-13(15)11-18)22-17(20-14)12-6-8-19-9-7-12/h6-10,13,15H,2-5H2,1H3,(H,20,21,22). The summed E-state index contributed by atoms with van der Waals surface area (Å²) in [6.45, 7) is 2.08. The molecule has 2 heterocycles. The second kappa shape index (κ2) is 6.52. The molecule has 0 spiro atoms. The van der Waals surface area contributed by atoms with E-state index in [9.17, 15) is 5.26 Å². The highest BCUT2D eigenvalue weighted by Gasteiger charge is 2.27. The molecule has 1 saturated carbocycles. The number of rotatable bonds is 4. The zero-order chi connectivity index (χ0) is 15.4. The molecule has 1 N–H and O–H groups in total. The normalized spacial score (nSPS) is 20.5. The molecule has 2 unspecified atom stereocenters. The molecule has 2 aromatic rings. The number of nitrogens with zero attached hydrogens (tertiary/aromatic N) is 4. The molecule has 0 radical (unpaired) electrons. The number of aromatic nitrogens is 3. The van der Waals surface area contributed by atoms with E-state index >= 15 is 0 Å². The quantitative estimate of drug-likeness (QED) is 0.937. The summed E-state index contributed by atoms with van der Waals surface area (Å²) in [6, 6.07) is 8.39. The number of nitrogens with one attached hydrogen (secondary N) is 1. The molecule has 5 heteroatoms. The summed E-state index contributed by atoms with van der Waals surface area (Å²) < 4.78 is 0. The Labute approximate surface area is 130 Å². The summed E-state index contributed by atoms with van der Waals surface area (Å²) in [4.78, 5) is 13.2. The lowest BCUT2D eigenvalue weighted by atomic mass is 10.1. The van der Waals surface area contributed by atoms with Gasteiger partial charge in [0.25, 0.3) is 0 Å². The Balaban J connectivity index is 1.90. The van der Waals surface area contributed by atoms with Crippen molar-refractivity contribution in [3.63, 3.8) is 0 Å². The molecular weight excluding hydrogens is 274 g/mol. The molecule has 1 aliphatic rings. The Bertz CT molecular complexity index is 677.